The molecule has 4 heteroatoms. The van der Waals surface area contributed by atoms with Gasteiger partial charge in [-0.3, -0.25) is 16.3 Å². The zero-order chi connectivity index (χ0) is 11.1. The summed E-state index contributed by atoms with van der Waals surface area (Å²) in [4.78, 5) is 4.26. The summed E-state index contributed by atoms with van der Waals surface area (Å²) in [5.41, 5.74) is 3.79. The molecular weight excluding hydrogens is 190 g/mol. The molecule has 1 aromatic rings. The van der Waals surface area contributed by atoms with Gasteiger partial charge in [-0.05, 0) is 26.0 Å². The van der Waals surface area contributed by atoms with Crippen molar-refractivity contribution in [2.75, 3.05) is 6.61 Å². The Labute approximate surface area is 90.8 Å². The van der Waals surface area contributed by atoms with Gasteiger partial charge < -0.3 is 4.74 Å². The average molecular weight is 209 g/mol. The Balaban J connectivity index is 2.53. The molecule has 4 nitrogen and oxygen atoms in total. The molecule has 1 aromatic heterocycles. The number of rotatable bonds is 6. The third-order valence-electron chi connectivity index (χ3n) is 2.37. The highest BCUT2D eigenvalue weighted by Gasteiger charge is 2.16. The van der Waals surface area contributed by atoms with E-state index in [1.54, 1.807) is 6.20 Å². The summed E-state index contributed by atoms with van der Waals surface area (Å²) in [5, 5.41) is 0. The number of pyridine rings is 1. The molecule has 0 fully saturated rings. The highest BCUT2D eigenvalue weighted by atomic mass is 16.5. The maximum absolute atomic E-state index is 5.50. The number of aromatic nitrogens is 1. The first-order chi connectivity index (χ1) is 7.27. The molecule has 2 unspecified atom stereocenters. The van der Waals surface area contributed by atoms with Crippen molar-refractivity contribution in [3.05, 3.63) is 30.1 Å². The molecule has 0 aliphatic heterocycles. The number of hydrogen-bond donors (Lipinski definition) is 2. The molecule has 84 valence electrons. The number of nitrogens with one attached hydrogen (secondary N) is 1. The van der Waals surface area contributed by atoms with Crippen LogP contribution >= 0.6 is 0 Å². The van der Waals surface area contributed by atoms with Gasteiger partial charge in [0, 0.05) is 24.9 Å². The second-order valence-electron chi connectivity index (χ2n) is 3.46. The predicted octanol–water partition coefficient (Wildman–Crippen LogP) is 0.881. The summed E-state index contributed by atoms with van der Waals surface area (Å²) in [6.45, 7) is 4.68. The summed E-state index contributed by atoms with van der Waals surface area (Å²) in [5.74, 6) is 5.49. The Kier molecular flexibility index (Phi) is 5.25. The van der Waals surface area contributed by atoms with Crippen molar-refractivity contribution in [2.45, 2.75) is 32.4 Å². The van der Waals surface area contributed by atoms with Crippen LogP contribution in [-0.2, 0) is 11.2 Å². The lowest BCUT2D eigenvalue weighted by atomic mass is 10.1. The first-order valence-electron chi connectivity index (χ1n) is 5.25. The van der Waals surface area contributed by atoms with Gasteiger partial charge >= 0.3 is 0 Å². The molecule has 0 aliphatic carbocycles. The van der Waals surface area contributed by atoms with Gasteiger partial charge in [0.1, 0.15) is 0 Å². The number of ether oxygens (including phenoxy) is 1. The van der Waals surface area contributed by atoms with Crippen LogP contribution in [0.4, 0.5) is 0 Å². The Morgan fingerprint density at radius 1 is 1.53 bits per heavy atom. The summed E-state index contributed by atoms with van der Waals surface area (Å²) >= 11 is 0. The predicted molar refractivity (Wildman–Crippen MR) is 60.1 cm³/mol. The molecule has 0 radical (unpaired) electrons. The van der Waals surface area contributed by atoms with E-state index in [0.29, 0.717) is 6.61 Å². The Hall–Kier alpha value is -0.970. The van der Waals surface area contributed by atoms with Gasteiger partial charge in [0.05, 0.1) is 12.1 Å². The van der Waals surface area contributed by atoms with Crippen molar-refractivity contribution in [3.8, 4) is 0 Å². The van der Waals surface area contributed by atoms with E-state index in [9.17, 15) is 0 Å². The summed E-state index contributed by atoms with van der Waals surface area (Å²) in [6, 6.07) is 5.96. The lowest BCUT2D eigenvalue weighted by Crippen LogP contribution is -2.45. The van der Waals surface area contributed by atoms with Gasteiger partial charge in [-0.25, -0.2) is 0 Å². The zero-order valence-corrected chi connectivity index (χ0v) is 9.31. The normalized spacial score (nSPS) is 14.9. The van der Waals surface area contributed by atoms with Crippen LogP contribution in [-0.4, -0.2) is 23.7 Å². The van der Waals surface area contributed by atoms with E-state index in [1.165, 1.54) is 0 Å². The maximum Gasteiger partial charge on any atom is 0.0717 e. The minimum atomic E-state index is 0.0852. The molecule has 0 saturated heterocycles. The molecule has 0 amide bonds. The molecule has 3 N–H and O–H groups in total. The van der Waals surface area contributed by atoms with Crippen molar-refractivity contribution in [1.29, 1.82) is 0 Å². The molecular formula is C11H19N3O. The Morgan fingerprint density at radius 2 is 2.33 bits per heavy atom. The molecule has 0 aliphatic rings. The third-order valence-corrected chi connectivity index (χ3v) is 2.37. The smallest absolute Gasteiger partial charge is 0.0717 e. The van der Waals surface area contributed by atoms with Gasteiger partial charge in [-0.1, -0.05) is 6.07 Å². The number of hydrogen-bond acceptors (Lipinski definition) is 4. The molecule has 0 spiro atoms. The number of nitrogens with two attached hydrogens (primary N) is 1. The second-order valence-corrected chi connectivity index (χ2v) is 3.46. The van der Waals surface area contributed by atoms with Crippen LogP contribution in [0.1, 0.15) is 19.5 Å². The Bertz CT molecular complexity index is 266. The Morgan fingerprint density at radius 3 is 2.87 bits per heavy atom. The number of hydrazine groups is 1. The van der Waals surface area contributed by atoms with Gasteiger partial charge in [0.15, 0.2) is 0 Å². The van der Waals surface area contributed by atoms with Crippen LogP contribution in [0, 0.1) is 0 Å². The van der Waals surface area contributed by atoms with E-state index < -0.39 is 0 Å². The molecule has 0 bridgehead atoms. The largest absolute Gasteiger partial charge is 0.377 e. The lowest BCUT2D eigenvalue weighted by Gasteiger charge is -2.22. The van der Waals surface area contributed by atoms with E-state index in [1.807, 2.05) is 32.0 Å². The maximum atomic E-state index is 5.50. The fourth-order valence-electron chi connectivity index (χ4n) is 1.48. The minimum absolute atomic E-state index is 0.0852. The number of nitrogens with zero attached hydrogens (tertiary/aromatic N) is 1. The van der Waals surface area contributed by atoms with Crippen molar-refractivity contribution < 1.29 is 4.74 Å². The van der Waals surface area contributed by atoms with E-state index in [2.05, 4.69) is 10.4 Å². The highest BCUT2D eigenvalue weighted by molar-refractivity contribution is 5.05. The van der Waals surface area contributed by atoms with Crippen LogP contribution in [0.15, 0.2) is 24.4 Å². The van der Waals surface area contributed by atoms with Gasteiger partial charge in [-0.2, -0.15) is 0 Å². The molecule has 0 saturated carbocycles. The van der Waals surface area contributed by atoms with E-state index in [-0.39, 0.29) is 12.1 Å². The second kappa shape index (κ2) is 6.50. The fraction of sp³-hybridized carbons (Fsp3) is 0.545. The fourth-order valence-corrected chi connectivity index (χ4v) is 1.48. The summed E-state index contributed by atoms with van der Waals surface area (Å²) < 4.78 is 5.50. The van der Waals surface area contributed by atoms with Crippen molar-refractivity contribution in [2.24, 2.45) is 5.84 Å². The van der Waals surface area contributed by atoms with E-state index in [4.69, 9.17) is 10.6 Å². The first-order valence-corrected chi connectivity index (χ1v) is 5.25. The lowest BCUT2D eigenvalue weighted by molar-refractivity contribution is 0.0474. The van der Waals surface area contributed by atoms with Crippen molar-refractivity contribution in [1.82, 2.24) is 10.4 Å². The van der Waals surface area contributed by atoms with Gasteiger partial charge in [0.25, 0.3) is 0 Å². The quantitative estimate of drug-likeness (QED) is 0.539. The molecule has 1 rings (SSSR count). The van der Waals surface area contributed by atoms with Crippen LogP contribution in [0.2, 0.25) is 0 Å². The summed E-state index contributed by atoms with van der Waals surface area (Å²) in [6.07, 6.45) is 2.65. The van der Waals surface area contributed by atoms with Crippen LogP contribution < -0.4 is 11.3 Å². The molecule has 15 heavy (non-hydrogen) atoms. The average Bonchev–Trinajstić information content (AvgIpc) is 2.27. The topological polar surface area (TPSA) is 60.2 Å². The van der Waals surface area contributed by atoms with Crippen LogP contribution in [0.3, 0.4) is 0 Å². The van der Waals surface area contributed by atoms with E-state index in [0.717, 1.165) is 12.1 Å². The first kappa shape index (κ1) is 12.1. The van der Waals surface area contributed by atoms with Crippen molar-refractivity contribution >= 4 is 0 Å². The van der Waals surface area contributed by atoms with E-state index >= 15 is 0 Å². The standard InChI is InChI=1S/C11H19N3O/c1-3-15-9(2)11(14-12)8-10-6-4-5-7-13-10/h4-7,9,11,14H,3,8,12H2,1-2H3. The van der Waals surface area contributed by atoms with Crippen LogP contribution in [0.25, 0.3) is 0 Å². The van der Waals surface area contributed by atoms with Gasteiger partial charge in [0.2, 0.25) is 0 Å². The molecule has 2 atom stereocenters. The van der Waals surface area contributed by atoms with Crippen LogP contribution in [0.5, 0.6) is 0 Å². The highest BCUT2D eigenvalue weighted by Crippen LogP contribution is 2.05. The van der Waals surface area contributed by atoms with Gasteiger partial charge in [-0.15, -0.1) is 0 Å². The molecule has 1 heterocycles. The minimum Gasteiger partial charge on any atom is -0.377 e. The summed E-state index contributed by atoms with van der Waals surface area (Å²) in [7, 11) is 0. The monoisotopic (exact) mass is 209 g/mol. The third kappa shape index (κ3) is 3.95. The SMILES string of the molecule is CCOC(C)C(Cc1ccccn1)NN. The zero-order valence-electron chi connectivity index (χ0n) is 9.31. The van der Waals surface area contributed by atoms with Crippen molar-refractivity contribution in [3.63, 3.8) is 0 Å². The molecule has 0 aromatic carbocycles.